The Bertz CT molecular complexity index is 1100. The van der Waals surface area contributed by atoms with Gasteiger partial charge in [-0.3, -0.25) is 0 Å². The standard InChI is InChI=1S/C20H15F6N3O3/c1-11(2)32-18(30)16(12-3-4-31-9-12)8-29-10-27-17(28-29)13-5-14(19(21,22)23)7-15(6-13)20(24,25)26/h3-11H,1-2H3/b16-8-. The molecule has 0 saturated heterocycles. The minimum absolute atomic E-state index is 0.0103. The van der Waals surface area contributed by atoms with E-state index in [0.717, 1.165) is 11.0 Å². The highest BCUT2D eigenvalue weighted by atomic mass is 19.4. The van der Waals surface area contributed by atoms with Crippen molar-refractivity contribution < 1.29 is 40.3 Å². The summed E-state index contributed by atoms with van der Waals surface area (Å²) in [6.45, 7) is 3.26. The molecule has 0 bridgehead atoms. The number of halogens is 6. The van der Waals surface area contributed by atoms with Crippen molar-refractivity contribution in [3.63, 3.8) is 0 Å². The molecule has 0 aliphatic carbocycles. The van der Waals surface area contributed by atoms with Crippen LogP contribution in [-0.4, -0.2) is 26.8 Å². The van der Waals surface area contributed by atoms with E-state index < -0.39 is 46.9 Å². The highest BCUT2D eigenvalue weighted by Crippen LogP contribution is 2.38. The number of ether oxygens (including phenoxy) is 1. The summed E-state index contributed by atoms with van der Waals surface area (Å²) in [5.74, 6) is -1.14. The second-order valence-electron chi connectivity index (χ2n) is 6.85. The van der Waals surface area contributed by atoms with Gasteiger partial charge in [-0.2, -0.15) is 26.3 Å². The number of benzene rings is 1. The molecule has 0 spiro atoms. The lowest BCUT2D eigenvalue weighted by atomic mass is 10.0. The van der Waals surface area contributed by atoms with Gasteiger partial charge in [-0.15, -0.1) is 5.10 Å². The van der Waals surface area contributed by atoms with Crippen molar-refractivity contribution in [3.05, 3.63) is 59.8 Å². The topological polar surface area (TPSA) is 70.2 Å². The monoisotopic (exact) mass is 459 g/mol. The summed E-state index contributed by atoms with van der Waals surface area (Å²) in [4.78, 5) is 16.2. The van der Waals surface area contributed by atoms with E-state index in [1.807, 2.05) is 0 Å². The molecular formula is C20H15F6N3O3. The van der Waals surface area contributed by atoms with E-state index in [0.29, 0.717) is 17.7 Å². The van der Waals surface area contributed by atoms with Gasteiger partial charge < -0.3 is 9.15 Å². The Labute approximate surface area is 177 Å². The Kier molecular flexibility index (Phi) is 6.15. The number of carbonyl (C=O) groups is 1. The molecule has 0 unspecified atom stereocenters. The highest BCUT2D eigenvalue weighted by molar-refractivity contribution is 6.20. The molecule has 3 rings (SSSR count). The number of hydrogen-bond acceptors (Lipinski definition) is 5. The van der Waals surface area contributed by atoms with Gasteiger partial charge in [-0.05, 0) is 38.1 Å². The lowest BCUT2D eigenvalue weighted by molar-refractivity contribution is -0.143. The van der Waals surface area contributed by atoms with Crippen molar-refractivity contribution in [2.45, 2.75) is 32.3 Å². The van der Waals surface area contributed by atoms with Crippen molar-refractivity contribution in [2.75, 3.05) is 0 Å². The quantitative estimate of drug-likeness (QED) is 0.285. The van der Waals surface area contributed by atoms with Crippen LogP contribution in [0.1, 0.15) is 30.5 Å². The van der Waals surface area contributed by atoms with Crippen LogP contribution >= 0.6 is 0 Å². The largest absolute Gasteiger partial charge is 0.472 e. The van der Waals surface area contributed by atoms with Crippen molar-refractivity contribution in [2.24, 2.45) is 0 Å². The van der Waals surface area contributed by atoms with E-state index in [1.54, 1.807) is 13.8 Å². The van der Waals surface area contributed by atoms with Gasteiger partial charge in [0.1, 0.15) is 6.33 Å². The summed E-state index contributed by atoms with van der Waals surface area (Å²) in [5, 5.41) is 3.89. The Morgan fingerprint density at radius 1 is 1.09 bits per heavy atom. The summed E-state index contributed by atoms with van der Waals surface area (Å²) >= 11 is 0. The van der Waals surface area contributed by atoms with Gasteiger partial charge in [0.2, 0.25) is 0 Å². The summed E-state index contributed by atoms with van der Waals surface area (Å²) in [6, 6.07) is 2.51. The zero-order valence-corrected chi connectivity index (χ0v) is 16.5. The molecule has 0 amide bonds. The fraction of sp³-hybridized carbons (Fsp3) is 0.250. The smallest absolute Gasteiger partial charge is 0.416 e. The van der Waals surface area contributed by atoms with E-state index in [4.69, 9.17) is 9.15 Å². The van der Waals surface area contributed by atoms with Gasteiger partial charge in [-0.25, -0.2) is 14.5 Å². The molecule has 2 aromatic heterocycles. The Balaban J connectivity index is 2.05. The van der Waals surface area contributed by atoms with Crippen LogP contribution in [0.15, 0.2) is 47.5 Å². The Morgan fingerprint density at radius 3 is 2.22 bits per heavy atom. The number of rotatable bonds is 5. The van der Waals surface area contributed by atoms with Gasteiger partial charge in [0.15, 0.2) is 5.82 Å². The molecule has 3 aromatic rings. The maximum atomic E-state index is 13.1. The molecule has 12 heteroatoms. The van der Waals surface area contributed by atoms with Crippen molar-refractivity contribution in [1.82, 2.24) is 14.8 Å². The van der Waals surface area contributed by atoms with Crippen molar-refractivity contribution >= 4 is 17.7 Å². The second-order valence-corrected chi connectivity index (χ2v) is 6.85. The number of nitrogens with zero attached hydrogens (tertiary/aromatic N) is 3. The summed E-state index contributed by atoms with van der Waals surface area (Å²) < 4.78 is 89.6. The number of esters is 1. The molecule has 0 saturated carbocycles. The van der Waals surface area contributed by atoms with Gasteiger partial charge in [0, 0.05) is 17.3 Å². The van der Waals surface area contributed by atoms with Crippen LogP contribution in [0.5, 0.6) is 0 Å². The first kappa shape index (κ1) is 23.1. The molecule has 0 atom stereocenters. The van der Waals surface area contributed by atoms with E-state index in [1.165, 1.54) is 24.8 Å². The average Bonchev–Trinajstić information content (AvgIpc) is 3.35. The molecule has 0 aliphatic rings. The Hall–Kier alpha value is -3.57. The number of carbonyl (C=O) groups excluding carboxylic acids is 1. The summed E-state index contributed by atoms with van der Waals surface area (Å²) in [7, 11) is 0. The van der Waals surface area contributed by atoms with Crippen LogP contribution in [0.2, 0.25) is 0 Å². The third-order valence-electron chi connectivity index (χ3n) is 4.01. The SMILES string of the molecule is CC(C)OC(=O)/C(=C\n1cnc(-c2cc(C(F)(F)F)cc(C(F)(F)F)c2)n1)c1ccoc1. The molecule has 0 aliphatic heterocycles. The molecule has 170 valence electrons. The first-order chi connectivity index (χ1) is 14.8. The van der Waals surface area contributed by atoms with Crippen LogP contribution in [0.4, 0.5) is 26.3 Å². The van der Waals surface area contributed by atoms with E-state index >= 15 is 0 Å². The fourth-order valence-electron chi connectivity index (χ4n) is 2.63. The molecule has 32 heavy (non-hydrogen) atoms. The summed E-state index contributed by atoms with van der Waals surface area (Å²) in [6.07, 6.45) is -5.69. The predicted molar refractivity (Wildman–Crippen MR) is 99.6 cm³/mol. The highest BCUT2D eigenvalue weighted by Gasteiger charge is 2.37. The number of furan rings is 1. The fourth-order valence-corrected chi connectivity index (χ4v) is 2.63. The molecule has 6 nitrogen and oxygen atoms in total. The van der Waals surface area contributed by atoms with Gasteiger partial charge >= 0.3 is 18.3 Å². The normalized spacial score (nSPS) is 13.0. The van der Waals surface area contributed by atoms with Crippen LogP contribution in [0, 0.1) is 0 Å². The first-order valence-corrected chi connectivity index (χ1v) is 9.01. The third-order valence-corrected chi connectivity index (χ3v) is 4.01. The van der Waals surface area contributed by atoms with Gasteiger partial charge in [0.25, 0.3) is 0 Å². The maximum absolute atomic E-state index is 13.1. The van der Waals surface area contributed by atoms with Crippen LogP contribution in [0.25, 0.3) is 23.2 Å². The zero-order valence-electron chi connectivity index (χ0n) is 16.5. The molecule has 0 N–H and O–H groups in total. The van der Waals surface area contributed by atoms with Crippen molar-refractivity contribution in [3.8, 4) is 11.4 Å². The molecule has 0 fully saturated rings. The number of hydrogen-bond donors (Lipinski definition) is 0. The van der Waals surface area contributed by atoms with Crippen LogP contribution in [-0.2, 0) is 21.9 Å². The van der Waals surface area contributed by atoms with Crippen molar-refractivity contribution in [1.29, 1.82) is 0 Å². The Morgan fingerprint density at radius 2 is 1.72 bits per heavy atom. The average molecular weight is 459 g/mol. The van der Waals surface area contributed by atoms with E-state index in [2.05, 4.69) is 10.1 Å². The van der Waals surface area contributed by atoms with Gasteiger partial charge in [0.05, 0.1) is 35.3 Å². The molecular weight excluding hydrogens is 444 g/mol. The lowest BCUT2D eigenvalue weighted by Crippen LogP contribution is -2.13. The van der Waals surface area contributed by atoms with Crippen LogP contribution < -0.4 is 0 Å². The van der Waals surface area contributed by atoms with Gasteiger partial charge in [-0.1, -0.05) is 0 Å². The molecule has 0 radical (unpaired) electrons. The third kappa shape index (κ3) is 5.37. The minimum atomic E-state index is -5.01. The predicted octanol–water partition coefficient (Wildman–Crippen LogP) is 5.53. The molecule has 1 aromatic carbocycles. The number of alkyl halides is 6. The lowest BCUT2D eigenvalue weighted by Gasteiger charge is -2.13. The van der Waals surface area contributed by atoms with E-state index in [-0.39, 0.29) is 11.6 Å². The van der Waals surface area contributed by atoms with E-state index in [9.17, 15) is 31.1 Å². The maximum Gasteiger partial charge on any atom is 0.416 e. The molecule has 2 heterocycles. The van der Waals surface area contributed by atoms with Crippen LogP contribution in [0.3, 0.4) is 0 Å². The minimum Gasteiger partial charge on any atom is -0.472 e. The number of aromatic nitrogens is 3. The zero-order chi connectivity index (χ0) is 23.7. The second kappa shape index (κ2) is 8.52. The first-order valence-electron chi connectivity index (χ1n) is 9.01. The summed E-state index contributed by atoms with van der Waals surface area (Å²) in [5.41, 5.74) is -3.16.